The van der Waals surface area contributed by atoms with Crippen molar-refractivity contribution in [3.63, 3.8) is 0 Å². The van der Waals surface area contributed by atoms with E-state index in [0.29, 0.717) is 11.5 Å². The molecule has 1 aromatic carbocycles. The van der Waals surface area contributed by atoms with E-state index >= 15 is 0 Å². The summed E-state index contributed by atoms with van der Waals surface area (Å²) in [5, 5.41) is 0. The summed E-state index contributed by atoms with van der Waals surface area (Å²) < 4.78 is 15.6. The van der Waals surface area contributed by atoms with Gasteiger partial charge in [0.15, 0.2) is 11.5 Å². The van der Waals surface area contributed by atoms with Crippen LogP contribution in [-0.2, 0) is 20.7 Å². The number of carbonyl (C=O) groups is 2. The molecule has 1 rings (SSSR count). The molecular formula is C16H22O5. The van der Waals surface area contributed by atoms with Gasteiger partial charge in [0, 0.05) is 0 Å². The van der Waals surface area contributed by atoms with Gasteiger partial charge in [0.2, 0.25) is 0 Å². The highest BCUT2D eigenvalue weighted by molar-refractivity contribution is 5.97. The van der Waals surface area contributed by atoms with Crippen molar-refractivity contribution in [1.82, 2.24) is 0 Å². The van der Waals surface area contributed by atoms with Crippen molar-refractivity contribution in [2.45, 2.75) is 33.3 Å². The molecule has 5 heteroatoms. The monoisotopic (exact) mass is 294 g/mol. The highest BCUT2D eigenvalue weighted by Crippen LogP contribution is 2.30. The summed E-state index contributed by atoms with van der Waals surface area (Å²) in [7, 11) is 2.84. The standard InChI is InChI=1S/C16H22O5/c1-10(2)21-15-9-12(6-7-14(15)19-4)8-13(11(3)17)16(18)20-5/h6-7,9-10,13H,8H2,1-5H3. The van der Waals surface area contributed by atoms with Crippen LogP contribution in [0, 0.1) is 5.92 Å². The smallest absolute Gasteiger partial charge is 0.316 e. The van der Waals surface area contributed by atoms with Gasteiger partial charge in [-0.1, -0.05) is 6.07 Å². The van der Waals surface area contributed by atoms with E-state index in [1.165, 1.54) is 14.0 Å². The molecule has 0 aliphatic heterocycles. The van der Waals surface area contributed by atoms with E-state index in [9.17, 15) is 9.59 Å². The average Bonchev–Trinajstić information content (AvgIpc) is 2.43. The molecule has 0 fully saturated rings. The summed E-state index contributed by atoms with van der Waals surface area (Å²) in [6.07, 6.45) is 0.277. The number of methoxy groups -OCH3 is 2. The summed E-state index contributed by atoms with van der Waals surface area (Å²) in [6.45, 7) is 5.22. The molecule has 0 bridgehead atoms. The number of esters is 1. The second kappa shape index (κ2) is 7.67. The van der Waals surface area contributed by atoms with Gasteiger partial charge < -0.3 is 14.2 Å². The lowest BCUT2D eigenvalue weighted by Crippen LogP contribution is -2.25. The van der Waals surface area contributed by atoms with Crippen LogP contribution in [0.1, 0.15) is 26.3 Å². The highest BCUT2D eigenvalue weighted by atomic mass is 16.5. The van der Waals surface area contributed by atoms with Crippen LogP contribution < -0.4 is 9.47 Å². The van der Waals surface area contributed by atoms with Crippen LogP contribution in [0.3, 0.4) is 0 Å². The Hall–Kier alpha value is -2.04. The first-order valence-electron chi connectivity index (χ1n) is 6.80. The summed E-state index contributed by atoms with van der Waals surface area (Å²) in [5.74, 6) is -0.328. The van der Waals surface area contributed by atoms with Gasteiger partial charge in [0.25, 0.3) is 0 Å². The van der Waals surface area contributed by atoms with Crippen LogP contribution in [0.15, 0.2) is 18.2 Å². The maximum Gasteiger partial charge on any atom is 0.316 e. The normalized spacial score (nSPS) is 11.9. The number of carbonyl (C=O) groups excluding carboxylic acids is 2. The highest BCUT2D eigenvalue weighted by Gasteiger charge is 2.25. The molecule has 0 amide bonds. The minimum atomic E-state index is -0.796. The molecule has 0 saturated carbocycles. The van der Waals surface area contributed by atoms with Crippen LogP contribution in [0.5, 0.6) is 11.5 Å². The topological polar surface area (TPSA) is 61.8 Å². The molecule has 1 aromatic rings. The van der Waals surface area contributed by atoms with E-state index in [1.807, 2.05) is 19.9 Å². The Morgan fingerprint density at radius 1 is 1.14 bits per heavy atom. The minimum Gasteiger partial charge on any atom is -0.493 e. The third-order valence-corrected chi connectivity index (χ3v) is 3.01. The van der Waals surface area contributed by atoms with Gasteiger partial charge in [-0.3, -0.25) is 9.59 Å². The van der Waals surface area contributed by atoms with E-state index < -0.39 is 11.9 Å². The zero-order valence-corrected chi connectivity index (χ0v) is 13.1. The molecule has 1 atom stereocenters. The molecule has 0 aromatic heterocycles. The van der Waals surface area contributed by atoms with E-state index in [1.54, 1.807) is 19.2 Å². The SMILES string of the molecule is COC(=O)C(Cc1ccc(OC)c(OC(C)C)c1)C(C)=O. The molecule has 0 aliphatic carbocycles. The average molecular weight is 294 g/mol. The first-order valence-corrected chi connectivity index (χ1v) is 6.80. The molecule has 0 N–H and O–H groups in total. The van der Waals surface area contributed by atoms with E-state index in [0.717, 1.165) is 5.56 Å². The van der Waals surface area contributed by atoms with E-state index in [4.69, 9.17) is 9.47 Å². The van der Waals surface area contributed by atoms with Crippen LogP contribution in [0.4, 0.5) is 0 Å². The van der Waals surface area contributed by atoms with Gasteiger partial charge in [0.05, 0.1) is 20.3 Å². The Morgan fingerprint density at radius 3 is 2.29 bits per heavy atom. The minimum absolute atomic E-state index is 0.00152. The number of ether oxygens (including phenoxy) is 3. The van der Waals surface area contributed by atoms with Gasteiger partial charge in [-0.15, -0.1) is 0 Å². The molecule has 21 heavy (non-hydrogen) atoms. The summed E-state index contributed by atoms with van der Waals surface area (Å²) in [4.78, 5) is 23.2. The van der Waals surface area contributed by atoms with Crippen molar-refractivity contribution >= 4 is 11.8 Å². The first kappa shape index (κ1) is 17.0. The Balaban J connectivity index is 3.02. The number of ketones is 1. The van der Waals surface area contributed by atoms with Gasteiger partial charge in [0.1, 0.15) is 11.7 Å². The summed E-state index contributed by atoms with van der Waals surface area (Å²) in [6, 6.07) is 5.37. The first-order chi connectivity index (χ1) is 9.88. The van der Waals surface area contributed by atoms with Gasteiger partial charge in [-0.2, -0.15) is 0 Å². The van der Waals surface area contributed by atoms with Crippen molar-refractivity contribution in [3.8, 4) is 11.5 Å². The van der Waals surface area contributed by atoms with E-state index in [2.05, 4.69) is 4.74 Å². The quantitative estimate of drug-likeness (QED) is 0.571. The largest absolute Gasteiger partial charge is 0.493 e. The number of rotatable bonds is 7. The molecule has 0 saturated heterocycles. The van der Waals surface area contributed by atoms with Crippen molar-refractivity contribution in [2.75, 3.05) is 14.2 Å². The van der Waals surface area contributed by atoms with E-state index in [-0.39, 0.29) is 18.3 Å². The van der Waals surface area contributed by atoms with Crippen LogP contribution >= 0.6 is 0 Å². The molecule has 116 valence electrons. The fourth-order valence-electron chi connectivity index (χ4n) is 1.97. The zero-order valence-electron chi connectivity index (χ0n) is 13.1. The molecule has 5 nitrogen and oxygen atoms in total. The van der Waals surface area contributed by atoms with Gasteiger partial charge in [-0.05, 0) is 44.9 Å². The van der Waals surface area contributed by atoms with Gasteiger partial charge in [-0.25, -0.2) is 0 Å². The fourth-order valence-corrected chi connectivity index (χ4v) is 1.97. The summed E-state index contributed by atoms with van der Waals surface area (Å²) >= 11 is 0. The summed E-state index contributed by atoms with van der Waals surface area (Å²) in [5.41, 5.74) is 0.817. The fraction of sp³-hybridized carbons (Fsp3) is 0.500. The number of hydrogen-bond acceptors (Lipinski definition) is 5. The Morgan fingerprint density at radius 2 is 1.81 bits per heavy atom. The number of benzene rings is 1. The Kier molecular flexibility index (Phi) is 6.21. The number of Topliss-reactive ketones (excluding diaryl/α,β-unsaturated/α-hetero) is 1. The van der Waals surface area contributed by atoms with Crippen molar-refractivity contribution < 1.29 is 23.8 Å². The van der Waals surface area contributed by atoms with Crippen LogP contribution in [0.2, 0.25) is 0 Å². The van der Waals surface area contributed by atoms with Crippen molar-refractivity contribution in [2.24, 2.45) is 5.92 Å². The predicted molar refractivity (Wildman–Crippen MR) is 78.6 cm³/mol. The maximum absolute atomic E-state index is 11.6. The molecule has 0 spiro atoms. The predicted octanol–water partition coefficient (Wildman–Crippen LogP) is 2.40. The van der Waals surface area contributed by atoms with Crippen molar-refractivity contribution in [1.29, 1.82) is 0 Å². The Bertz CT molecular complexity index is 507. The second-order valence-electron chi connectivity index (χ2n) is 5.04. The third-order valence-electron chi connectivity index (χ3n) is 3.01. The lowest BCUT2D eigenvalue weighted by molar-refractivity contribution is -0.148. The zero-order chi connectivity index (χ0) is 16.0. The van der Waals surface area contributed by atoms with Crippen molar-refractivity contribution in [3.05, 3.63) is 23.8 Å². The third kappa shape index (κ3) is 4.77. The van der Waals surface area contributed by atoms with Crippen LogP contribution in [0.25, 0.3) is 0 Å². The van der Waals surface area contributed by atoms with Crippen LogP contribution in [-0.4, -0.2) is 32.1 Å². The lowest BCUT2D eigenvalue weighted by Gasteiger charge is -2.16. The molecule has 1 unspecified atom stereocenters. The lowest BCUT2D eigenvalue weighted by atomic mass is 9.96. The Labute approximate surface area is 125 Å². The molecule has 0 heterocycles. The molecular weight excluding hydrogens is 272 g/mol. The molecule has 0 radical (unpaired) electrons. The molecule has 0 aliphatic rings. The number of hydrogen-bond donors (Lipinski definition) is 0. The van der Waals surface area contributed by atoms with Gasteiger partial charge >= 0.3 is 5.97 Å². The second-order valence-corrected chi connectivity index (χ2v) is 5.04. The maximum atomic E-state index is 11.6.